The Morgan fingerprint density at radius 2 is 1.84 bits per heavy atom. The number of aromatic nitrogens is 2. The van der Waals surface area contributed by atoms with E-state index in [1.807, 2.05) is 42.8 Å². The molecule has 0 unspecified atom stereocenters. The maximum absolute atomic E-state index is 12.1. The van der Waals surface area contributed by atoms with Crippen molar-refractivity contribution >= 4 is 28.1 Å². The van der Waals surface area contributed by atoms with Gasteiger partial charge in [0, 0.05) is 5.56 Å². The van der Waals surface area contributed by atoms with Crippen LogP contribution in [-0.4, -0.2) is 42.7 Å². The number of rotatable bonds is 9. The molecule has 0 aliphatic heterocycles. The molecule has 1 N–H and O–H groups in total. The van der Waals surface area contributed by atoms with Crippen molar-refractivity contribution in [2.24, 2.45) is 5.10 Å². The summed E-state index contributed by atoms with van der Waals surface area (Å²) in [5, 5.41) is 8.58. The van der Waals surface area contributed by atoms with Crippen molar-refractivity contribution in [2.75, 3.05) is 20.8 Å². The van der Waals surface area contributed by atoms with Gasteiger partial charge in [0.15, 0.2) is 18.1 Å². The van der Waals surface area contributed by atoms with Crippen LogP contribution < -0.4 is 19.6 Å². The molecule has 8 nitrogen and oxygen atoms in total. The molecule has 0 saturated carbocycles. The number of halogens is 1. The van der Waals surface area contributed by atoms with E-state index in [-0.39, 0.29) is 12.5 Å². The molecule has 0 atom stereocenters. The number of hydrazone groups is 1. The van der Waals surface area contributed by atoms with Crippen LogP contribution in [0.1, 0.15) is 22.5 Å². The SMILES string of the molecule is COc1ccc(/C=N\NC(=O)COc2ccccc2OC)cc1Cn1nc(C)c(Br)c1C. The van der Waals surface area contributed by atoms with Gasteiger partial charge in [0.1, 0.15) is 5.75 Å². The fourth-order valence-electron chi connectivity index (χ4n) is 3.09. The summed E-state index contributed by atoms with van der Waals surface area (Å²) in [6.07, 6.45) is 1.57. The van der Waals surface area contributed by atoms with E-state index in [2.05, 4.69) is 31.6 Å². The second-order valence-electron chi connectivity index (χ2n) is 6.95. The number of nitrogens with zero attached hydrogens (tertiary/aromatic N) is 3. The highest BCUT2D eigenvalue weighted by molar-refractivity contribution is 9.10. The molecule has 0 bridgehead atoms. The van der Waals surface area contributed by atoms with Crippen molar-refractivity contribution in [1.29, 1.82) is 0 Å². The van der Waals surface area contributed by atoms with E-state index in [1.54, 1.807) is 38.6 Å². The smallest absolute Gasteiger partial charge is 0.277 e. The first-order chi connectivity index (χ1) is 15.4. The van der Waals surface area contributed by atoms with Crippen LogP contribution in [0.25, 0.3) is 0 Å². The predicted molar refractivity (Wildman–Crippen MR) is 126 cm³/mol. The number of methoxy groups -OCH3 is 2. The van der Waals surface area contributed by atoms with Crippen LogP contribution in [-0.2, 0) is 11.3 Å². The zero-order chi connectivity index (χ0) is 23.1. The van der Waals surface area contributed by atoms with Crippen LogP contribution in [0, 0.1) is 13.8 Å². The minimum absolute atomic E-state index is 0.182. The molecular weight excluding hydrogens is 476 g/mol. The van der Waals surface area contributed by atoms with Gasteiger partial charge < -0.3 is 14.2 Å². The second-order valence-corrected chi connectivity index (χ2v) is 7.74. The first-order valence-corrected chi connectivity index (χ1v) is 10.7. The third-order valence-electron chi connectivity index (χ3n) is 4.75. The number of nitrogens with one attached hydrogen (secondary N) is 1. The average molecular weight is 501 g/mol. The van der Waals surface area contributed by atoms with Crippen LogP contribution in [0.5, 0.6) is 17.2 Å². The van der Waals surface area contributed by atoms with Crippen LogP contribution >= 0.6 is 15.9 Å². The molecule has 0 saturated heterocycles. The van der Waals surface area contributed by atoms with Gasteiger partial charge in [-0.05, 0) is 65.7 Å². The first-order valence-electron chi connectivity index (χ1n) is 9.87. The molecule has 168 valence electrons. The van der Waals surface area contributed by atoms with Crippen molar-refractivity contribution in [3.8, 4) is 17.2 Å². The topological polar surface area (TPSA) is 87.0 Å². The zero-order valence-electron chi connectivity index (χ0n) is 18.4. The number of amides is 1. The molecule has 3 rings (SSSR count). The molecule has 1 amide bonds. The van der Waals surface area contributed by atoms with E-state index in [4.69, 9.17) is 14.2 Å². The zero-order valence-corrected chi connectivity index (χ0v) is 20.0. The number of ether oxygens (including phenoxy) is 3. The minimum Gasteiger partial charge on any atom is -0.496 e. The standard InChI is InChI=1S/C23H25BrN4O4/c1-15-23(24)16(2)28(27-15)13-18-11-17(9-10-19(18)30-3)12-25-26-22(29)14-32-21-8-6-5-7-20(21)31-4/h5-12H,13-14H2,1-4H3,(H,26,29)/b25-12-. The minimum atomic E-state index is -0.381. The summed E-state index contributed by atoms with van der Waals surface area (Å²) in [6, 6.07) is 12.8. The van der Waals surface area contributed by atoms with E-state index in [9.17, 15) is 4.79 Å². The van der Waals surface area contributed by atoms with Gasteiger partial charge in [0.05, 0.1) is 42.8 Å². The van der Waals surface area contributed by atoms with Gasteiger partial charge in [-0.15, -0.1) is 0 Å². The van der Waals surface area contributed by atoms with E-state index in [1.165, 1.54) is 0 Å². The molecule has 0 aliphatic carbocycles. The summed E-state index contributed by atoms with van der Waals surface area (Å²) in [6.45, 7) is 4.32. The molecule has 2 aromatic carbocycles. The third kappa shape index (κ3) is 5.67. The first kappa shape index (κ1) is 23.3. The van der Waals surface area contributed by atoms with Crippen LogP contribution in [0.2, 0.25) is 0 Å². The number of benzene rings is 2. The summed E-state index contributed by atoms with van der Waals surface area (Å²) >= 11 is 3.55. The molecule has 0 radical (unpaired) electrons. The van der Waals surface area contributed by atoms with Crippen molar-refractivity contribution in [3.05, 3.63) is 69.5 Å². The van der Waals surface area contributed by atoms with E-state index in [0.717, 1.165) is 32.7 Å². The lowest BCUT2D eigenvalue weighted by Crippen LogP contribution is -2.24. The van der Waals surface area contributed by atoms with Crippen LogP contribution in [0.15, 0.2) is 52.0 Å². The predicted octanol–water partition coefficient (Wildman–Crippen LogP) is 3.86. The Morgan fingerprint density at radius 1 is 1.12 bits per heavy atom. The fourth-order valence-corrected chi connectivity index (χ4v) is 3.37. The number of para-hydroxylation sites is 2. The maximum atomic E-state index is 12.1. The molecule has 3 aromatic rings. The molecule has 1 heterocycles. The summed E-state index contributed by atoms with van der Waals surface area (Å²) in [5.74, 6) is 1.42. The number of aryl methyl sites for hydroxylation is 1. The molecule has 1 aromatic heterocycles. The lowest BCUT2D eigenvalue weighted by Gasteiger charge is -2.11. The van der Waals surface area contributed by atoms with Gasteiger partial charge in [-0.25, -0.2) is 5.43 Å². The monoisotopic (exact) mass is 500 g/mol. The third-order valence-corrected chi connectivity index (χ3v) is 5.90. The van der Waals surface area contributed by atoms with E-state index in [0.29, 0.717) is 18.0 Å². The van der Waals surface area contributed by atoms with Crippen LogP contribution in [0.4, 0.5) is 0 Å². The maximum Gasteiger partial charge on any atom is 0.277 e. The lowest BCUT2D eigenvalue weighted by atomic mass is 10.1. The van der Waals surface area contributed by atoms with Gasteiger partial charge in [0.2, 0.25) is 0 Å². The summed E-state index contributed by atoms with van der Waals surface area (Å²) in [5.41, 5.74) is 6.18. The molecule has 32 heavy (non-hydrogen) atoms. The van der Waals surface area contributed by atoms with Crippen LogP contribution in [0.3, 0.4) is 0 Å². The lowest BCUT2D eigenvalue weighted by molar-refractivity contribution is -0.123. The highest BCUT2D eigenvalue weighted by Gasteiger charge is 2.12. The Balaban J connectivity index is 1.63. The Labute approximate surface area is 195 Å². The van der Waals surface area contributed by atoms with Crippen molar-refractivity contribution in [3.63, 3.8) is 0 Å². The summed E-state index contributed by atoms with van der Waals surface area (Å²) in [7, 11) is 3.18. The molecule has 0 aliphatic rings. The van der Waals surface area contributed by atoms with Gasteiger partial charge in [-0.2, -0.15) is 10.2 Å². The highest BCUT2D eigenvalue weighted by atomic mass is 79.9. The highest BCUT2D eigenvalue weighted by Crippen LogP contribution is 2.26. The Bertz CT molecular complexity index is 1130. The van der Waals surface area contributed by atoms with Gasteiger partial charge in [0.25, 0.3) is 5.91 Å². The number of carbonyl (C=O) groups is 1. The normalized spacial score (nSPS) is 10.9. The second kappa shape index (κ2) is 10.8. The van der Waals surface area contributed by atoms with Crippen molar-refractivity contribution in [2.45, 2.75) is 20.4 Å². The quantitative estimate of drug-likeness (QED) is 0.356. The van der Waals surface area contributed by atoms with Gasteiger partial charge in [-0.1, -0.05) is 12.1 Å². The number of hydrogen-bond acceptors (Lipinski definition) is 6. The largest absolute Gasteiger partial charge is 0.496 e. The van der Waals surface area contributed by atoms with E-state index < -0.39 is 0 Å². The molecule has 9 heteroatoms. The Hall–Kier alpha value is -3.33. The average Bonchev–Trinajstić information content (AvgIpc) is 3.04. The molecule has 0 spiro atoms. The molecular formula is C23H25BrN4O4. The van der Waals surface area contributed by atoms with Crippen molar-refractivity contribution in [1.82, 2.24) is 15.2 Å². The fraction of sp³-hybridized carbons (Fsp3) is 0.261. The van der Waals surface area contributed by atoms with Crippen molar-refractivity contribution < 1.29 is 19.0 Å². The summed E-state index contributed by atoms with van der Waals surface area (Å²) < 4.78 is 19.1. The van der Waals surface area contributed by atoms with Gasteiger partial charge in [-0.3, -0.25) is 9.48 Å². The van der Waals surface area contributed by atoms with E-state index >= 15 is 0 Å². The number of hydrogen-bond donors (Lipinski definition) is 1. The number of carbonyl (C=O) groups excluding carboxylic acids is 1. The molecule has 0 fully saturated rings. The Morgan fingerprint density at radius 3 is 2.50 bits per heavy atom. The van der Waals surface area contributed by atoms with Gasteiger partial charge >= 0.3 is 0 Å². The summed E-state index contributed by atoms with van der Waals surface area (Å²) in [4.78, 5) is 12.1. The Kier molecular flexibility index (Phi) is 7.88.